The lowest BCUT2D eigenvalue weighted by molar-refractivity contribution is 0.108. The van der Waals surface area contributed by atoms with E-state index in [1.807, 2.05) is 67.1 Å². The van der Waals surface area contributed by atoms with Gasteiger partial charge in [-0.05, 0) is 51.7 Å². The third kappa shape index (κ3) is 5.46. The average molecular weight is 495 g/mol. The molecule has 9 heteroatoms. The second-order valence-corrected chi connectivity index (χ2v) is 8.89. The number of nitrogens with zero attached hydrogens (tertiary/aromatic N) is 7. The summed E-state index contributed by atoms with van der Waals surface area (Å²) in [7, 11) is 3.74. The smallest absolute Gasteiger partial charge is 0.218 e. The Labute approximate surface area is 214 Å². The molecule has 36 heavy (non-hydrogen) atoms. The maximum Gasteiger partial charge on any atom is 0.218 e. The van der Waals surface area contributed by atoms with Gasteiger partial charge in [0, 0.05) is 56.6 Å². The van der Waals surface area contributed by atoms with Crippen LogP contribution >= 0.6 is 0 Å². The van der Waals surface area contributed by atoms with Crippen LogP contribution in [0.3, 0.4) is 0 Å². The maximum atomic E-state index is 5.57. The van der Waals surface area contributed by atoms with E-state index in [1.54, 1.807) is 13.3 Å². The zero-order valence-electron chi connectivity index (χ0n) is 23.3. The van der Waals surface area contributed by atoms with Gasteiger partial charge in [-0.3, -0.25) is 4.68 Å². The van der Waals surface area contributed by atoms with Crippen LogP contribution in [0.5, 0.6) is 0 Å². The minimum absolute atomic E-state index is 0.294. The predicted molar refractivity (Wildman–Crippen MR) is 146 cm³/mol. The molecular formula is C27H42N8O. The Bertz CT molecular complexity index is 1250. The lowest BCUT2D eigenvalue weighted by atomic mass is 10.1. The summed E-state index contributed by atoms with van der Waals surface area (Å²) in [6.07, 6.45) is 11.1. The Morgan fingerprint density at radius 3 is 2.42 bits per heavy atom. The van der Waals surface area contributed by atoms with Crippen molar-refractivity contribution < 1.29 is 4.74 Å². The van der Waals surface area contributed by atoms with Crippen molar-refractivity contribution in [2.45, 2.75) is 85.9 Å². The molecule has 2 atom stereocenters. The molecule has 1 aliphatic carbocycles. The standard InChI is InChI=1S/C23H30N8O.2C2H6/c1-14(2)30-10-8-19(27-30)18-13-31-20(15(18)3)21(25-16-6-7-17(12-16)32-5)26-22(28-31)23-24-9-11-29(23)4;2*1-2/h8-11,13-14,16-17H,6-7,12H2,1-5H3,(H,25,26,28);2*1-2H3. The third-order valence-corrected chi connectivity index (χ3v) is 6.38. The Morgan fingerprint density at radius 2 is 1.83 bits per heavy atom. The number of hydrogen-bond acceptors (Lipinski definition) is 6. The molecule has 5 rings (SSSR count). The van der Waals surface area contributed by atoms with Gasteiger partial charge in [-0.2, -0.15) is 5.10 Å². The van der Waals surface area contributed by atoms with Crippen LogP contribution in [0.4, 0.5) is 5.82 Å². The van der Waals surface area contributed by atoms with E-state index in [9.17, 15) is 0 Å². The van der Waals surface area contributed by atoms with E-state index in [-0.39, 0.29) is 0 Å². The molecule has 0 saturated heterocycles. The molecule has 196 valence electrons. The SMILES string of the molecule is CC.CC.COC1CCC(Nc2nc(-c3nccn3C)nn3cc(-c4ccn(C(C)C)n4)c(C)c23)C1. The number of anilines is 1. The van der Waals surface area contributed by atoms with Crippen LogP contribution in [-0.2, 0) is 11.8 Å². The van der Waals surface area contributed by atoms with Gasteiger partial charge in [0.05, 0.1) is 11.8 Å². The highest BCUT2D eigenvalue weighted by atomic mass is 16.5. The quantitative estimate of drug-likeness (QED) is 0.358. The monoisotopic (exact) mass is 494 g/mol. The molecule has 1 saturated carbocycles. The molecule has 4 heterocycles. The first-order valence-electron chi connectivity index (χ1n) is 13.2. The fourth-order valence-electron chi connectivity index (χ4n) is 4.51. The van der Waals surface area contributed by atoms with Crippen molar-refractivity contribution in [2.24, 2.45) is 7.05 Å². The van der Waals surface area contributed by atoms with E-state index < -0.39 is 0 Å². The van der Waals surface area contributed by atoms with E-state index in [4.69, 9.17) is 19.9 Å². The van der Waals surface area contributed by atoms with Crippen molar-refractivity contribution in [3.63, 3.8) is 0 Å². The lowest BCUT2D eigenvalue weighted by Gasteiger charge is -2.16. The Morgan fingerprint density at radius 1 is 1.08 bits per heavy atom. The minimum atomic E-state index is 0.294. The number of fused-ring (bicyclic) bond motifs is 1. The van der Waals surface area contributed by atoms with Gasteiger partial charge in [-0.15, -0.1) is 5.10 Å². The molecule has 0 bridgehead atoms. The molecule has 0 radical (unpaired) electrons. The van der Waals surface area contributed by atoms with Crippen LogP contribution in [0.2, 0.25) is 0 Å². The number of aromatic nitrogens is 7. The largest absolute Gasteiger partial charge is 0.381 e. The van der Waals surface area contributed by atoms with E-state index in [2.05, 4.69) is 37.1 Å². The number of rotatable bonds is 6. The third-order valence-electron chi connectivity index (χ3n) is 6.38. The molecule has 4 aromatic heterocycles. The van der Waals surface area contributed by atoms with E-state index in [1.165, 1.54) is 0 Å². The molecule has 1 fully saturated rings. The predicted octanol–water partition coefficient (Wildman–Crippen LogP) is 5.91. The van der Waals surface area contributed by atoms with Gasteiger partial charge < -0.3 is 14.6 Å². The van der Waals surface area contributed by atoms with Crippen molar-refractivity contribution in [3.8, 4) is 22.9 Å². The minimum Gasteiger partial charge on any atom is -0.381 e. The summed E-state index contributed by atoms with van der Waals surface area (Å²) >= 11 is 0. The molecule has 0 spiro atoms. The van der Waals surface area contributed by atoms with Crippen molar-refractivity contribution in [1.82, 2.24) is 33.9 Å². The summed E-state index contributed by atoms with van der Waals surface area (Å²) in [6.45, 7) is 14.4. The number of hydrogen-bond donors (Lipinski definition) is 1. The zero-order chi connectivity index (χ0) is 26.4. The molecular weight excluding hydrogens is 452 g/mol. The van der Waals surface area contributed by atoms with Crippen molar-refractivity contribution in [1.29, 1.82) is 0 Å². The molecule has 9 nitrogen and oxygen atoms in total. The van der Waals surface area contributed by atoms with Gasteiger partial charge in [0.1, 0.15) is 5.52 Å². The summed E-state index contributed by atoms with van der Waals surface area (Å²) in [5, 5.41) is 13.3. The summed E-state index contributed by atoms with van der Waals surface area (Å²) in [4.78, 5) is 9.39. The first kappa shape index (κ1) is 27.4. The summed E-state index contributed by atoms with van der Waals surface area (Å²) < 4.78 is 11.4. The van der Waals surface area contributed by atoms with Gasteiger partial charge in [0.15, 0.2) is 11.6 Å². The summed E-state index contributed by atoms with van der Waals surface area (Å²) in [6, 6.07) is 2.68. The first-order chi connectivity index (χ1) is 17.4. The van der Waals surface area contributed by atoms with E-state index in [0.717, 1.165) is 53.2 Å². The highest BCUT2D eigenvalue weighted by Crippen LogP contribution is 2.33. The number of methoxy groups -OCH3 is 1. The van der Waals surface area contributed by atoms with Gasteiger partial charge in [0.25, 0.3) is 0 Å². The Hall–Kier alpha value is -3.20. The molecule has 1 aliphatic rings. The maximum absolute atomic E-state index is 5.57. The summed E-state index contributed by atoms with van der Waals surface area (Å²) in [5.41, 5.74) is 4.07. The van der Waals surface area contributed by atoms with Crippen molar-refractivity contribution in [3.05, 3.63) is 36.4 Å². The molecule has 0 aromatic carbocycles. The van der Waals surface area contributed by atoms with Crippen LogP contribution in [0, 0.1) is 6.92 Å². The summed E-state index contributed by atoms with van der Waals surface area (Å²) in [5.74, 6) is 2.14. The Balaban J connectivity index is 0.000000861. The fourth-order valence-corrected chi connectivity index (χ4v) is 4.51. The zero-order valence-corrected chi connectivity index (χ0v) is 23.3. The normalized spacial score (nSPS) is 17.1. The first-order valence-corrected chi connectivity index (χ1v) is 13.2. The topological polar surface area (TPSA) is 87.1 Å². The number of aryl methyl sites for hydroxylation is 2. The van der Waals surface area contributed by atoms with E-state index >= 15 is 0 Å². The van der Waals surface area contributed by atoms with Crippen LogP contribution in [0.15, 0.2) is 30.9 Å². The molecule has 1 N–H and O–H groups in total. The highest BCUT2D eigenvalue weighted by molar-refractivity contribution is 5.82. The highest BCUT2D eigenvalue weighted by Gasteiger charge is 2.27. The van der Waals surface area contributed by atoms with Gasteiger partial charge in [-0.1, -0.05) is 27.7 Å². The molecule has 0 aliphatic heterocycles. The Kier molecular flexibility index (Phi) is 9.25. The van der Waals surface area contributed by atoms with Crippen molar-refractivity contribution >= 4 is 11.3 Å². The van der Waals surface area contributed by atoms with Crippen LogP contribution < -0.4 is 5.32 Å². The van der Waals surface area contributed by atoms with E-state index in [0.29, 0.717) is 24.0 Å². The molecule has 4 aromatic rings. The number of imidazole rings is 1. The second kappa shape index (κ2) is 12.2. The van der Waals surface area contributed by atoms with Gasteiger partial charge in [-0.25, -0.2) is 14.5 Å². The van der Waals surface area contributed by atoms with Crippen LogP contribution in [-0.4, -0.2) is 53.2 Å². The van der Waals surface area contributed by atoms with Gasteiger partial charge in [0.2, 0.25) is 5.82 Å². The van der Waals surface area contributed by atoms with Crippen LogP contribution in [0.25, 0.3) is 28.4 Å². The number of nitrogens with one attached hydrogen (secondary N) is 1. The molecule has 2 unspecified atom stereocenters. The number of ether oxygens (including phenoxy) is 1. The lowest BCUT2D eigenvalue weighted by Crippen LogP contribution is -2.19. The average Bonchev–Trinajstić information content (AvgIpc) is 3.68. The molecule has 0 amide bonds. The van der Waals surface area contributed by atoms with Crippen LogP contribution in [0.1, 0.15) is 72.4 Å². The fraction of sp³-hybridized carbons (Fsp3) is 0.556. The van der Waals surface area contributed by atoms with Crippen molar-refractivity contribution in [2.75, 3.05) is 12.4 Å². The second-order valence-electron chi connectivity index (χ2n) is 8.89. The van der Waals surface area contributed by atoms with Gasteiger partial charge >= 0.3 is 0 Å².